The molecule has 0 aromatic heterocycles. The van der Waals surface area contributed by atoms with E-state index in [4.69, 9.17) is 5.73 Å². The molecule has 1 aliphatic heterocycles. The van der Waals surface area contributed by atoms with Crippen molar-refractivity contribution in [2.75, 3.05) is 13.2 Å². The van der Waals surface area contributed by atoms with Gasteiger partial charge in [0, 0.05) is 18.1 Å². The Morgan fingerprint density at radius 3 is 2.82 bits per heavy atom. The summed E-state index contributed by atoms with van der Waals surface area (Å²) in [7, 11) is 0. The van der Waals surface area contributed by atoms with E-state index < -0.39 is 0 Å². The summed E-state index contributed by atoms with van der Waals surface area (Å²) in [6.45, 7) is 1.37. The molecule has 3 rings (SSSR count). The largest absolute Gasteiger partial charge is 0.395 e. The lowest BCUT2D eigenvalue weighted by Gasteiger charge is -2.30. The second-order valence-corrected chi connectivity index (χ2v) is 5.20. The number of fused-ring (bicyclic) bond motifs is 1. The number of hydrogen-bond acceptors (Lipinski definition) is 3. The van der Waals surface area contributed by atoms with Crippen LogP contribution >= 0.6 is 0 Å². The number of likely N-dealkylation sites (tertiary alicyclic amines) is 1. The maximum absolute atomic E-state index is 9.44. The van der Waals surface area contributed by atoms with Crippen molar-refractivity contribution in [3.05, 3.63) is 35.4 Å². The minimum absolute atomic E-state index is 0.163. The van der Waals surface area contributed by atoms with Gasteiger partial charge in [0.15, 0.2) is 0 Å². The molecule has 0 saturated carbocycles. The highest BCUT2D eigenvalue weighted by atomic mass is 16.3. The standard InChI is InChI=1S/C14H20N2O/c15-13-8-14(12-6-2-1-5-11(12)13)16-7-3-4-10(16)9-17/h1-2,5-6,10,13-14,17H,3-4,7-9,15H2. The van der Waals surface area contributed by atoms with Crippen LogP contribution in [-0.2, 0) is 0 Å². The summed E-state index contributed by atoms with van der Waals surface area (Å²) in [5.41, 5.74) is 8.87. The average molecular weight is 232 g/mol. The number of aliphatic hydroxyl groups excluding tert-OH is 1. The van der Waals surface area contributed by atoms with Gasteiger partial charge < -0.3 is 10.8 Å². The first kappa shape index (κ1) is 11.2. The van der Waals surface area contributed by atoms with Gasteiger partial charge >= 0.3 is 0 Å². The summed E-state index contributed by atoms with van der Waals surface area (Å²) in [5.74, 6) is 0. The van der Waals surface area contributed by atoms with Crippen molar-refractivity contribution in [2.45, 2.75) is 37.4 Å². The van der Waals surface area contributed by atoms with Crippen LogP contribution in [0.15, 0.2) is 24.3 Å². The van der Waals surface area contributed by atoms with Crippen molar-refractivity contribution in [3.8, 4) is 0 Å². The van der Waals surface area contributed by atoms with E-state index >= 15 is 0 Å². The summed E-state index contributed by atoms with van der Waals surface area (Å²) in [4.78, 5) is 2.45. The van der Waals surface area contributed by atoms with Gasteiger partial charge in [-0.2, -0.15) is 0 Å². The van der Waals surface area contributed by atoms with Crippen LogP contribution in [0.2, 0.25) is 0 Å². The topological polar surface area (TPSA) is 49.5 Å². The summed E-state index contributed by atoms with van der Waals surface area (Å²) in [6, 6.07) is 9.40. The Labute approximate surface area is 102 Å². The lowest BCUT2D eigenvalue weighted by Crippen LogP contribution is -2.35. The van der Waals surface area contributed by atoms with Crippen LogP contribution in [0.3, 0.4) is 0 Å². The Kier molecular flexibility index (Phi) is 2.90. The van der Waals surface area contributed by atoms with Crippen molar-refractivity contribution >= 4 is 0 Å². The van der Waals surface area contributed by atoms with E-state index in [2.05, 4.69) is 29.2 Å². The molecule has 0 radical (unpaired) electrons. The van der Waals surface area contributed by atoms with Gasteiger partial charge in [-0.25, -0.2) is 0 Å². The fraction of sp³-hybridized carbons (Fsp3) is 0.571. The maximum Gasteiger partial charge on any atom is 0.0587 e. The smallest absolute Gasteiger partial charge is 0.0587 e. The summed E-state index contributed by atoms with van der Waals surface area (Å²) >= 11 is 0. The summed E-state index contributed by atoms with van der Waals surface area (Å²) in [5, 5.41) is 9.44. The van der Waals surface area contributed by atoms with Crippen LogP contribution in [0.1, 0.15) is 42.5 Å². The highest BCUT2D eigenvalue weighted by molar-refractivity contribution is 5.37. The van der Waals surface area contributed by atoms with E-state index in [0.717, 1.165) is 19.4 Å². The Morgan fingerprint density at radius 2 is 2.06 bits per heavy atom. The molecule has 1 aromatic carbocycles. The third-order valence-corrected chi connectivity index (χ3v) is 4.27. The van der Waals surface area contributed by atoms with Gasteiger partial charge in [-0.15, -0.1) is 0 Å². The van der Waals surface area contributed by atoms with Crippen molar-refractivity contribution < 1.29 is 5.11 Å². The predicted molar refractivity (Wildman–Crippen MR) is 67.5 cm³/mol. The molecule has 3 unspecified atom stereocenters. The molecule has 0 spiro atoms. The minimum atomic E-state index is 0.163. The van der Waals surface area contributed by atoms with E-state index in [9.17, 15) is 5.11 Å². The van der Waals surface area contributed by atoms with Gasteiger partial charge in [0.2, 0.25) is 0 Å². The van der Waals surface area contributed by atoms with Crippen molar-refractivity contribution in [3.63, 3.8) is 0 Å². The maximum atomic E-state index is 9.44. The van der Waals surface area contributed by atoms with Crippen LogP contribution in [0.4, 0.5) is 0 Å². The van der Waals surface area contributed by atoms with Gasteiger partial charge in [0.25, 0.3) is 0 Å². The van der Waals surface area contributed by atoms with E-state index in [0.29, 0.717) is 12.1 Å². The van der Waals surface area contributed by atoms with E-state index in [1.807, 2.05) is 0 Å². The SMILES string of the molecule is NC1CC(N2CCCC2CO)c2ccccc21. The Hall–Kier alpha value is -0.900. The highest BCUT2D eigenvalue weighted by Crippen LogP contribution is 2.43. The molecule has 0 amide bonds. The number of benzene rings is 1. The number of aliphatic hydroxyl groups is 1. The Bertz CT molecular complexity index is 407. The van der Waals surface area contributed by atoms with E-state index in [1.165, 1.54) is 17.5 Å². The second kappa shape index (κ2) is 4.41. The van der Waals surface area contributed by atoms with Crippen molar-refractivity contribution in [1.82, 2.24) is 4.90 Å². The average Bonchev–Trinajstić information content (AvgIpc) is 2.94. The lowest BCUT2D eigenvalue weighted by molar-refractivity contribution is 0.116. The molecular weight excluding hydrogens is 212 g/mol. The Morgan fingerprint density at radius 1 is 1.29 bits per heavy atom. The first-order chi connectivity index (χ1) is 8.31. The fourth-order valence-electron chi connectivity index (χ4n) is 3.42. The molecule has 3 atom stereocenters. The first-order valence-corrected chi connectivity index (χ1v) is 6.52. The van der Waals surface area contributed by atoms with E-state index in [-0.39, 0.29) is 12.6 Å². The van der Waals surface area contributed by atoms with Crippen LogP contribution in [0.25, 0.3) is 0 Å². The molecule has 3 nitrogen and oxygen atoms in total. The van der Waals surface area contributed by atoms with Crippen molar-refractivity contribution in [1.29, 1.82) is 0 Å². The molecular formula is C14H20N2O. The number of rotatable bonds is 2. The van der Waals surface area contributed by atoms with Crippen molar-refractivity contribution in [2.24, 2.45) is 5.73 Å². The monoisotopic (exact) mass is 232 g/mol. The molecule has 3 heteroatoms. The van der Waals surface area contributed by atoms with Crippen LogP contribution < -0.4 is 5.73 Å². The normalized spacial score (nSPS) is 32.9. The quantitative estimate of drug-likeness (QED) is 0.814. The van der Waals surface area contributed by atoms with Crippen LogP contribution in [-0.4, -0.2) is 29.2 Å². The van der Waals surface area contributed by atoms with Gasteiger partial charge in [-0.1, -0.05) is 24.3 Å². The number of nitrogens with zero attached hydrogens (tertiary/aromatic N) is 1. The molecule has 2 aliphatic rings. The predicted octanol–water partition coefficient (Wildman–Crippen LogP) is 1.59. The van der Waals surface area contributed by atoms with Gasteiger partial charge in [-0.3, -0.25) is 4.90 Å². The minimum Gasteiger partial charge on any atom is -0.395 e. The molecule has 1 fully saturated rings. The number of hydrogen-bond donors (Lipinski definition) is 2. The first-order valence-electron chi connectivity index (χ1n) is 6.52. The molecule has 1 saturated heterocycles. The van der Waals surface area contributed by atoms with Gasteiger partial charge in [0.1, 0.15) is 0 Å². The van der Waals surface area contributed by atoms with Gasteiger partial charge in [0.05, 0.1) is 6.61 Å². The van der Waals surface area contributed by atoms with Gasteiger partial charge in [-0.05, 0) is 36.9 Å². The zero-order valence-electron chi connectivity index (χ0n) is 10.0. The van der Waals surface area contributed by atoms with E-state index in [1.54, 1.807) is 0 Å². The highest BCUT2D eigenvalue weighted by Gasteiger charge is 2.37. The molecule has 1 aromatic rings. The molecule has 17 heavy (non-hydrogen) atoms. The summed E-state index contributed by atoms with van der Waals surface area (Å²) < 4.78 is 0. The zero-order valence-corrected chi connectivity index (χ0v) is 10.0. The molecule has 0 bridgehead atoms. The molecule has 1 aliphatic carbocycles. The summed E-state index contributed by atoms with van der Waals surface area (Å²) in [6.07, 6.45) is 3.30. The third kappa shape index (κ3) is 1.79. The van der Waals surface area contributed by atoms with Crippen LogP contribution in [0, 0.1) is 0 Å². The van der Waals surface area contributed by atoms with Crippen LogP contribution in [0.5, 0.6) is 0 Å². The third-order valence-electron chi connectivity index (χ3n) is 4.27. The molecule has 92 valence electrons. The molecule has 3 N–H and O–H groups in total. The zero-order chi connectivity index (χ0) is 11.8. The fourth-order valence-corrected chi connectivity index (χ4v) is 3.42. The number of nitrogens with two attached hydrogens (primary N) is 1. The second-order valence-electron chi connectivity index (χ2n) is 5.20. The Balaban J connectivity index is 1.91. The lowest BCUT2D eigenvalue weighted by atomic mass is 10.1. The molecule has 1 heterocycles.